The maximum atomic E-state index is 4.76. The lowest BCUT2D eigenvalue weighted by Crippen LogP contribution is -2.31. The molecule has 118 valence electrons. The van der Waals surface area contributed by atoms with Crippen LogP contribution in [0.25, 0.3) is 0 Å². The Hall–Kier alpha value is -0.270. The van der Waals surface area contributed by atoms with Gasteiger partial charge in [-0.15, -0.1) is 24.4 Å². The van der Waals surface area contributed by atoms with Crippen LogP contribution in [0.5, 0.6) is 0 Å². The molecule has 2 heterocycles. The molecule has 0 amide bonds. The van der Waals surface area contributed by atoms with Gasteiger partial charge in [-0.25, -0.2) is 9.97 Å². The Balaban J connectivity index is 2.32. The van der Waals surface area contributed by atoms with Crippen molar-refractivity contribution in [3.63, 3.8) is 0 Å². The highest BCUT2D eigenvalue weighted by Crippen LogP contribution is 2.41. The molecule has 0 bridgehead atoms. The zero-order valence-corrected chi connectivity index (χ0v) is 15.5. The second-order valence-electron chi connectivity index (χ2n) is 4.92. The van der Waals surface area contributed by atoms with Crippen LogP contribution in [0, 0.1) is 0 Å². The lowest BCUT2D eigenvalue weighted by atomic mass is 10.4. The van der Waals surface area contributed by atoms with Crippen LogP contribution in [0.4, 0.5) is 11.5 Å². The van der Waals surface area contributed by atoms with E-state index in [0.717, 1.165) is 59.0 Å². The van der Waals surface area contributed by atoms with Crippen LogP contribution < -0.4 is 10.2 Å². The minimum absolute atomic E-state index is 0.00153. The van der Waals surface area contributed by atoms with Gasteiger partial charge in [0, 0.05) is 12.3 Å². The van der Waals surface area contributed by atoms with E-state index in [9.17, 15) is 0 Å². The van der Waals surface area contributed by atoms with Crippen LogP contribution in [0.3, 0.4) is 0 Å². The molecule has 1 unspecified atom stereocenters. The third-order valence-electron chi connectivity index (χ3n) is 3.02. The maximum absolute atomic E-state index is 4.76. The molecule has 0 aliphatic carbocycles. The largest absolute Gasteiger partial charge is 0.352 e. The quantitative estimate of drug-likeness (QED) is 0.316. The molecule has 1 atom stereocenters. The molecule has 1 aliphatic heterocycles. The standard InChI is InChI=1S/C14H24N4S3/c1-4-7-18-11-10(15-14(18)19)12(20-8-5-2)17-13(16-11)21-9-6-3/h14-15,19H,4-9H2,1-3H3. The minimum atomic E-state index is 0.00153. The zero-order chi connectivity index (χ0) is 15.2. The van der Waals surface area contributed by atoms with Gasteiger partial charge in [0.15, 0.2) is 11.0 Å². The third kappa shape index (κ3) is 4.13. The topological polar surface area (TPSA) is 41.1 Å². The molecular formula is C14H24N4S3. The molecule has 1 aliphatic rings. The van der Waals surface area contributed by atoms with Crippen LogP contribution >= 0.6 is 36.2 Å². The van der Waals surface area contributed by atoms with Gasteiger partial charge in [0.05, 0.1) is 0 Å². The third-order valence-corrected chi connectivity index (χ3v) is 5.66. The molecule has 0 saturated heterocycles. The SMILES string of the molecule is CCCSc1nc(SCCC)c2c(n1)N(CCC)C(S)N2. The van der Waals surface area contributed by atoms with Crippen molar-refractivity contribution >= 4 is 47.7 Å². The Morgan fingerprint density at radius 3 is 2.48 bits per heavy atom. The van der Waals surface area contributed by atoms with Gasteiger partial charge in [-0.05, 0) is 25.0 Å². The Morgan fingerprint density at radius 1 is 1.10 bits per heavy atom. The fourth-order valence-corrected chi connectivity index (χ4v) is 4.05. The molecule has 1 aromatic heterocycles. The smallest absolute Gasteiger partial charge is 0.190 e. The summed E-state index contributed by atoms with van der Waals surface area (Å²) in [5, 5.41) is 5.38. The molecule has 0 radical (unpaired) electrons. The molecule has 0 saturated carbocycles. The molecule has 0 fully saturated rings. The second-order valence-corrected chi connectivity index (χ2v) is 7.55. The molecular weight excluding hydrogens is 320 g/mol. The van der Waals surface area contributed by atoms with Crippen LogP contribution in [0.15, 0.2) is 10.2 Å². The van der Waals surface area contributed by atoms with Crippen molar-refractivity contribution in [3.8, 4) is 0 Å². The van der Waals surface area contributed by atoms with Crippen molar-refractivity contribution in [2.45, 2.75) is 55.7 Å². The molecule has 4 nitrogen and oxygen atoms in total. The highest BCUT2D eigenvalue weighted by molar-refractivity contribution is 7.99. The summed E-state index contributed by atoms with van der Waals surface area (Å²) in [6.07, 6.45) is 3.36. The van der Waals surface area contributed by atoms with Crippen LogP contribution in [-0.2, 0) is 0 Å². The Kier molecular flexibility index (Phi) is 6.82. The van der Waals surface area contributed by atoms with Gasteiger partial charge in [0.1, 0.15) is 16.2 Å². The Morgan fingerprint density at radius 2 is 1.81 bits per heavy atom. The number of anilines is 2. The first kappa shape index (κ1) is 17.1. The first-order chi connectivity index (χ1) is 10.2. The summed E-state index contributed by atoms with van der Waals surface area (Å²) in [7, 11) is 0. The van der Waals surface area contributed by atoms with Gasteiger partial charge in [-0.2, -0.15) is 0 Å². The van der Waals surface area contributed by atoms with Crippen LogP contribution in [0.2, 0.25) is 0 Å². The molecule has 0 spiro atoms. The van der Waals surface area contributed by atoms with Crippen LogP contribution in [-0.4, -0.2) is 33.5 Å². The van der Waals surface area contributed by atoms with E-state index in [1.54, 1.807) is 11.8 Å². The molecule has 1 aromatic rings. The summed E-state index contributed by atoms with van der Waals surface area (Å²) in [5.74, 6) is 3.15. The van der Waals surface area contributed by atoms with E-state index in [-0.39, 0.29) is 5.50 Å². The zero-order valence-electron chi connectivity index (χ0n) is 12.9. The monoisotopic (exact) mass is 344 g/mol. The Bertz CT molecular complexity index is 470. The van der Waals surface area contributed by atoms with E-state index < -0.39 is 0 Å². The summed E-state index contributed by atoms with van der Waals surface area (Å²) in [4.78, 5) is 11.7. The molecule has 21 heavy (non-hydrogen) atoms. The van der Waals surface area contributed by atoms with E-state index in [4.69, 9.17) is 9.97 Å². The summed E-state index contributed by atoms with van der Waals surface area (Å²) in [6, 6.07) is 0. The number of rotatable bonds is 8. The van der Waals surface area contributed by atoms with Gasteiger partial charge >= 0.3 is 0 Å². The average molecular weight is 345 g/mol. The summed E-state index contributed by atoms with van der Waals surface area (Å²) < 4.78 is 0. The van der Waals surface area contributed by atoms with Crippen molar-refractivity contribution in [1.82, 2.24) is 9.97 Å². The van der Waals surface area contributed by atoms with E-state index in [2.05, 4.69) is 43.6 Å². The maximum Gasteiger partial charge on any atom is 0.190 e. The highest BCUT2D eigenvalue weighted by atomic mass is 32.2. The van der Waals surface area contributed by atoms with Crippen molar-refractivity contribution in [2.75, 3.05) is 28.3 Å². The fraction of sp³-hybridized carbons (Fsp3) is 0.714. The second kappa shape index (κ2) is 8.39. The Labute approximate surface area is 141 Å². The number of nitrogens with one attached hydrogen (secondary N) is 1. The minimum Gasteiger partial charge on any atom is -0.352 e. The molecule has 1 N–H and O–H groups in total. The van der Waals surface area contributed by atoms with Crippen molar-refractivity contribution in [3.05, 3.63) is 0 Å². The molecule has 7 heteroatoms. The highest BCUT2D eigenvalue weighted by Gasteiger charge is 2.30. The number of aromatic nitrogens is 2. The predicted octanol–water partition coefficient (Wildman–Crippen LogP) is 4.34. The van der Waals surface area contributed by atoms with Crippen molar-refractivity contribution < 1.29 is 0 Å². The summed E-state index contributed by atoms with van der Waals surface area (Å²) in [6.45, 7) is 7.52. The summed E-state index contributed by atoms with van der Waals surface area (Å²) in [5.41, 5.74) is 1.06. The summed E-state index contributed by atoms with van der Waals surface area (Å²) >= 11 is 8.19. The number of nitrogens with zero attached hydrogens (tertiary/aromatic N) is 3. The van der Waals surface area contributed by atoms with E-state index in [0.29, 0.717) is 0 Å². The number of hydrogen-bond acceptors (Lipinski definition) is 7. The number of thioether (sulfide) groups is 2. The average Bonchev–Trinajstić information content (AvgIpc) is 2.80. The van der Waals surface area contributed by atoms with Gasteiger partial charge in [0.25, 0.3) is 0 Å². The van der Waals surface area contributed by atoms with Gasteiger partial charge in [0.2, 0.25) is 0 Å². The van der Waals surface area contributed by atoms with E-state index >= 15 is 0 Å². The number of hydrogen-bond donors (Lipinski definition) is 2. The first-order valence-electron chi connectivity index (χ1n) is 7.60. The lowest BCUT2D eigenvalue weighted by molar-refractivity contribution is 0.775. The van der Waals surface area contributed by atoms with Gasteiger partial charge < -0.3 is 10.2 Å². The van der Waals surface area contributed by atoms with E-state index in [1.807, 2.05) is 11.8 Å². The molecule has 2 rings (SSSR count). The number of fused-ring (bicyclic) bond motifs is 1. The number of thiol groups is 1. The molecule has 0 aromatic carbocycles. The van der Waals surface area contributed by atoms with Crippen molar-refractivity contribution in [1.29, 1.82) is 0 Å². The fourth-order valence-electron chi connectivity index (χ4n) is 2.10. The van der Waals surface area contributed by atoms with E-state index in [1.165, 1.54) is 0 Å². The van der Waals surface area contributed by atoms with Gasteiger partial charge in [-0.3, -0.25) is 0 Å². The normalized spacial score (nSPS) is 17.0. The van der Waals surface area contributed by atoms with Crippen molar-refractivity contribution in [2.24, 2.45) is 0 Å². The van der Waals surface area contributed by atoms with Gasteiger partial charge in [-0.1, -0.05) is 32.5 Å². The first-order valence-corrected chi connectivity index (χ1v) is 10.1. The lowest BCUT2D eigenvalue weighted by Gasteiger charge is -2.21. The predicted molar refractivity (Wildman–Crippen MR) is 98.1 cm³/mol. The van der Waals surface area contributed by atoms with Crippen LogP contribution in [0.1, 0.15) is 40.0 Å².